The number of nitro groups is 1. The lowest BCUT2D eigenvalue weighted by atomic mass is 10.2. The molecule has 0 atom stereocenters. The Balaban J connectivity index is 2.00. The Morgan fingerprint density at radius 1 is 1.22 bits per heavy atom. The molecule has 0 aliphatic carbocycles. The molecule has 0 aromatic heterocycles. The van der Waals surface area contributed by atoms with Crippen LogP contribution in [0.1, 0.15) is 12.5 Å². The van der Waals surface area contributed by atoms with Crippen molar-refractivity contribution in [1.29, 1.82) is 0 Å². The van der Waals surface area contributed by atoms with Crippen LogP contribution in [0.4, 0.5) is 16.2 Å². The van der Waals surface area contributed by atoms with Crippen LogP contribution in [-0.2, 0) is 11.3 Å². The Bertz CT molecular complexity index is 688. The van der Waals surface area contributed by atoms with Crippen LogP contribution < -0.4 is 10.1 Å². The van der Waals surface area contributed by atoms with Crippen molar-refractivity contribution in [3.8, 4) is 5.75 Å². The number of nitro benzene ring substituents is 1. The highest BCUT2D eigenvalue weighted by Gasteiger charge is 2.16. The van der Waals surface area contributed by atoms with Gasteiger partial charge in [0, 0.05) is 17.8 Å². The number of ether oxygens (including phenoxy) is 2. The predicted molar refractivity (Wildman–Crippen MR) is 84.5 cm³/mol. The zero-order valence-corrected chi connectivity index (χ0v) is 12.5. The van der Waals surface area contributed by atoms with Gasteiger partial charge in [-0.1, -0.05) is 30.3 Å². The number of hydrogen-bond acceptors (Lipinski definition) is 5. The minimum absolute atomic E-state index is 0.0957. The van der Waals surface area contributed by atoms with Crippen LogP contribution in [-0.4, -0.2) is 17.6 Å². The summed E-state index contributed by atoms with van der Waals surface area (Å²) in [6.45, 7) is 2.14. The van der Waals surface area contributed by atoms with E-state index in [0.717, 1.165) is 5.56 Å². The molecule has 23 heavy (non-hydrogen) atoms. The molecule has 0 radical (unpaired) electrons. The highest BCUT2D eigenvalue weighted by atomic mass is 16.6. The standard InChI is InChI=1S/C16H16N2O5/c1-2-22-15-10-13(8-9-14(15)18(20)21)17-16(19)23-11-12-6-4-3-5-7-12/h3-10H,2,11H2,1H3,(H,17,19). The molecule has 0 aliphatic heterocycles. The van der Waals surface area contributed by atoms with E-state index in [9.17, 15) is 14.9 Å². The predicted octanol–water partition coefficient (Wildman–Crippen LogP) is 3.74. The number of benzene rings is 2. The van der Waals surface area contributed by atoms with E-state index in [1.54, 1.807) is 6.92 Å². The minimum Gasteiger partial charge on any atom is -0.487 e. The van der Waals surface area contributed by atoms with Gasteiger partial charge in [0.25, 0.3) is 0 Å². The van der Waals surface area contributed by atoms with Gasteiger partial charge in [-0.05, 0) is 18.6 Å². The molecule has 0 bridgehead atoms. The normalized spacial score (nSPS) is 9.96. The zero-order chi connectivity index (χ0) is 16.7. The average molecular weight is 316 g/mol. The van der Waals surface area contributed by atoms with Gasteiger partial charge in [-0.25, -0.2) is 4.79 Å². The molecule has 7 nitrogen and oxygen atoms in total. The van der Waals surface area contributed by atoms with E-state index in [4.69, 9.17) is 9.47 Å². The van der Waals surface area contributed by atoms with E-state index < -0.39 is 11.0 Å². The van der Waals surface area contributed by atoms with E-state index >= 15 is 0 Å². The van der Waals surface area contributed by atoms with Crippen molar-refractivity contribution in [2.75, 3.05) is 11.9 Å². The Morgan fingerprint density at radius 3 is 2.61 bits per heavy atom. The van der Waals surface area contributed by atoms with Crippen LogP contribution in [0, 0.1) is 10.1 Å². The van der Waals surface area contributed by atoms with Gasteiger partial charge in [-0.3, -0.25) is 15.4 Å². The largest absolute Gasteiger partial charge is 0.487 e. The summed E-state index contributed by atoms with van der Waals surface area (Å²) in [5.74, 6) is 0.0957. The van der Waals surface area contributed by atoms with Crippen molar-refractivity contribution < 1.29 is 19.2 Å². The van der Waals surface area contributed by atoms with Crippen molar-refractivity contribution >= 4 is 17.5 Å². The van der Waals surface area contributed by atoms with Gasteiger partial charge in [0.15, 0.2) is 5.75 Å². The molecule has 2 aromatic rings. The quantitative estimate of drug-likeness (QED) is 0.647. The highest BCUT2D eigenvalue weighted by molar-refractivity contribution is 5.85. The second kappa shape index (κ2) is 7.79. The lowest BCUT2D eigenvalue weighted by Gasteiger charge is -2.09. The van der Waals surface area contributed by atoms with Crippen LogP contribution in [0.5, 0.6) is 5.75 Å². The number of hydrogen-bond donors (Lipinski definition) is 1. The van der Waals surface area contributed by atoms with Gasteiger partial charge in [0.05, 0.1) is 11.5 Å². The number of anilines is 1. The van der Waals surface area contributed by atoms with Crippen molar-refractivity contribution in [3.05, 3.63) is 64.2 Å². The van der Waals surface area contributed by atoms with Crippen LogP contribution in [0.25, 0.3) is 0 Å². The Hall–Kier alpha value is -3.09. The van der Waals surface area contributed by atoms with E-state index in [1.165, 1.54) is 18.2 Å². The van der Waals surface area contributed by atoms with Gasteiger partial charge in [-0.15, -0.1) is 0 Å². The Labute approximate surface area is 133 Å². The SMILES string of the molecule is CCOc1cc(NC(=O)OCc2ccccc2)ccc1[N+](=O)[O-]. The maximum Gasteiger partial charge on any atom is 0.411 e. The number of carbonyl (C=O) groups excluding carboxylic acids is 1. The van der Waals surface area contributed by atoms with E-state index in [2.05, 4.69) is 5.32 Å². The summed E-state index contributed by atoms with van der Waals surface area (Å²) in [5, 5.41) is 13.4. The number of nitrogens with one attached hydrogen (secondary N) is 1. The summed E-state index contributed by atoms with van der Waals surface area (Å²) in [6, 6.07) is 13.3. The topological polar surface area (TPSA) is 90.7 Å². The highest BCUT2D eigenvalue weighted by Crippen LogP contribution is 2.30. The van der Waals surface area contributed by atoms with E-state index in [-0.39, 0.29) is 24.7 Å². The monoisotopic (exact) mass is 316 g/mol. The Kier molecular flexibility index (Phi) is 5.51. The summed E-state index contributed by atoms with van der Waals surface area (Å²) in [7, 11) is 0. The van der Waals surface area contributed by atoms with Crippen molar-refractivity contribution in [2.24, 2.45) is 0 Å². The second-order valence-electron chi connectivity index (χ2n) is 4.56. The van der Waals surface area contributed by atoms with Gasteiger partial charge in [0.2, 0.25) is 0 Å². The van der Waals surface area contributed by atoms with Crippen LogP contribution in [0.3, 0.4) is 0 Å². The first-order valence-electron chi connectivity index (χ1n) is 6.99. The molecule has 1 N–H and O–H groups in total. The maximum atomic E-state index is 11.8. The first-order valence-corrected chi connectivity index (χ1v) is 6.99. The van der Waals surface area contributed by atoms with Crippen LogP contribution >= 0.6 is 0 Å². The number of rotatable bonds is 6. The summed E-state index contributed by atoms with van der Waals surface area (Å²) in [5.41, 5.74) is 1.06. The van der Waals surface area contributed by atoms with Crippen molar-refractivity contribution in [1.82, 2.24) is 0 Å². The lowest BCUT2D eigenvalue weighted by molar-refractivity contribution is -0.385. The van der Waals surface area contributed by atoms with Gasteiger partial charge in [0.1, 0.15) is 6.61 Å². The van der Waals surface area contributed by atoms with E-state index in [0.29, 0.717) is 5.69 Å². The second-order valence-corrected chi connectivity index (χ2v) is 4.56. The molecular weight excluding hydrogens is 300 g/mol. The molecule has 0 heterocycles. The minimum atomic E-state index is -0.648. The molecule has 0 spiro atoms. The Morgan fingerprint density at radius 2 is 1.96 bits per heavy atom. The molecule has 1 amide bonds. The number of nitrogens with zero attached hydrogens (tertiary/aromatic N) is 1. The molecule has 0 fully saturated rings. The van der Waals surface area contributed by atoms with Crippen molar-refractivity contribution in [3.63, 3.8) is 0 Å². The fourth-order valence-corrected chi connectivity index (χ4v) is 1.89. The molecule has 120 valence electrons. The fraction of sp³-hybridized carbons (Fsp3) is 0.188. The summed E-state index contributed by atoms with van der Waals surface area (Å²) >= 11 is 0. The number of amides is 1. The maximum absolute atomic E-state index is 11.8. The molecule has 2 rings (SSSR count). The third-order valence-corrected chi connectivity index (χ3v) is 2.92. The molecular formula is C16H16N2O5. The lowest BCUT2D eigenvalue weighted by Crippen LogP contribution is -2.13. The van der Waals surface area contributed by atoms with Crippen LogP contribution in [0.15, 0.2) is 48.5 Å². The molecule has 2 aromatic carbocycles. The van der Waals surface area contributed by atoms with E-state index in [1.807, 2.05) is 30.3 Å². The molecule has 0 saturated carbocycles. The average Bonchev–Trinajstić information content (AvgIpc) is 2.54. The first kappa shape index (κ1) is 16.3. The fourth-order valence-electron chi connectivity index (χ4n) is 1.89. The van der Waals surface area contributed by atoms with Crippen molar-refractivity contribution in [2.45, 2.75) is 13.5 Å². The molecule has 0 saturated heterocycles. The molecule has 7 heteroatoms. The summed E-state index contributed by atoms with van der Waals surface area (Å²) < 4.78 is 10.3. The van der Waals surface area contributed by atoms with Crippen LogP contribution in [0.2, 0.25) is 0 Å². The summed E-state index contributed by atoms with van der Waals surface area (Å²) in [4.78, 5) is 22.1. The van der Waals surface area contributed by atoms with Gasteiger partial charge < -0.3 is 9.47 Å². The zero-order valence-electron chi connectivity index (χ0n) is 12.5. The molecule has 0 aliphatic rings. The third kappa shape index (κ3) is 4.70. The van der Waals surface area contributed by atoms with Gasteiger partial charge in [-0.2, -0.15) is 0 Å². The number of carbonyl (C=O) groups is 1. The first-order chi connectivity index (χ1) is 11.1. The summed E-state index contributed by atoms with van der Waals surface area (Å²) in [6.07, 6.45) is -0.648. The smallest absolute Gasteiger partial charge is 0.411 e. The van der Waals surface area contributed by atoms with Gasteiger partial charge >= 0.3 is 11.8 Å². The molecule has 0 unspecified atom stereocenters. The third-order valence-electron chi connectivity index (χ3n) is 2.92.